The lowest BCUT2D eigenvalue weighted by molar-refractivity contribution is 0.318. The average Bonchev–Trinajstić information content (AvgIpc) is 2.42. The van der Waals surface area contributed by atoms with E-state index in [9.17, 15) is 4.39 Å². The molecule has 7 heteroatoms. The Kier molecular flexibility index (Phi) is 4.46. The Balaban J connectivity index is 2.41. The molecule has 0 radical (unpaired) electrons. The fourth-order valence-corrected chi connectivity index (χ4v) is 2.03. The van der Waals surface area contributed by atoms with Crippen LogP contribution >= 0.6 is 27.5 Å². The highest BCUT2D eigenvalue weighted by Gasteiger charge is 2.11. The lowest BCUT2D eigenvalue weighted by Crippen LogP contribution is -2.14. The van der Waals surface area contributed by atoms with Crippen LogP contribution in [0, 0.1) is 5.82 Å². The maximum atomic E-state index is 13.2. The summed E-state index contributed by atoms with van der Waals surface area (Å²) in [5, 5.41) is 12.1. The van der Waals surface area contributed by atoms with E-state index in [1.807, 2.05) is 0 Å². The summed E-state index contributed by atoms with van der Waals surface area (Å²) in [5.41, 5.74) is 5.93. The molecule has 0 spiro atoms. The topological polar surface area (TPSA) is 67.8 Å². The van der Waals surface area contributed by atoms with Crippen molar-refractivity contribution in [1.82, 2.24) is 0 Å². The summed E-state index contributed by atoms with van der Waals surface area (Å²) < 4.78 is 19.0. The van der Waals surface area contributed by atoms with E-state index in [4.69, 9.17) is 27.3 Å². The summed E-state index contributed by atoms with van der Waals surface area (Å²) in [6.07, 6.45) is 0. The third kappa shape index (κ3) is 3.20. The van der Waals surface area contributed by atoms with Crippen molar-refractivity contribution >= 4 is 33.4 Å². The molecule has 0 amide bonds. The number of benzene rings is 2. The summed E-state index contributed by atoms with van der Waals surface area (Å²) in [4.78, 5) is 0. The van der Waals surface area contributed by atoms with Gasteiger partial charge in [-0.05, 0) is 46.3 Å². The zero-order chi connectivity index (χ0) is 14.7. The second kappa shape index (κ2) is 6.11. The van der Waals surface area contributed by atoms with Crippen molar-refractivity contribution < 1.29 is 14.3 Å². The predicted octanol–water partition coefficient (Wildman–Crippen LogP) is 4.13. The van der Waals surface area contributed by atoms with Gasteiger partial charge in [0, 0.05) is 11.1 Å². The lowest BCUT2D eigenvalue weighted by Gasteiger charge is -2.11. The highest BCUT2D eigenvalue weighted by atomic mass is 79.9. The quantitative estimate of drug-likeness (QED) is 0.375. The minimum atomic E-state index is -0.403. The van der Waals surface area contributed by atoms with Crippen LogP contribution in [0.1, 0.15) is 5.56 Å². The number of halogens is 3. The van der Waals surface area contributed by atoms with E-state index < -0.39 is 5.82 Å². The van der Waals surface area contributed by atoms with Crippen molar-refractivity contribution in [2.24, 2.45) is 10.9 Å². The summed E-state index contributed by atoms with van der Waals surface area (Å²) in [6, 6.07) is 8.84. The first-order valence-corrected chi connectivity index (χ1v) is 6.58. The first kappa shape index (κ1) is 14.6. The van der Waals surface area contributed by atoms with E-state index in [-0.39, 0.29) is 10.3 Å². The van der Waals surface area contributed by atoms with Crippen LogP contribution in [0.25, 0.3) is 0 Å². The van der Waals surface area contributed by atoms with E-state index in [1.165, 1.54) is 24.3 Å². The van der Waals surface area contributed by atoms with Gasteiger partial charge in [-0.2, -0.15) is 0 Å². The van der Waals surface area contributed by atoms with E-state index in [2.05, 4.69) is 21.1 Å². The summed E-state index contributed by atoms with van der Waals surface area (Å²) in [5.74, 6) is 0.164. The maximum Gasteiger partial charge on any atom is 0.173 e. The Morgan fingerprint density at radius 3 is 2.70 bits per heavy atom. The number of hydrogen-bond acceptors (Lipinski definition) is 3. The standard InChI is InChI=1S/C13H9BrClFN2O2/c14-10-6-8(2-4-11(10)16)20-12-5-7(15)1-3-9(12)13(17)18-19/h1-6,19H,(H2,17,18). The molecule has 0 aliphatic heterocycles. The Bertz CT molecular complexity index is 679. The van der Waals surface area contributed by atoms with E-state index in [0.29, 0.717) is 22.1 Å². The molecule has 20 heavy (non-hydrogen) atoms. The smallest absolute Gasteiger partial charge is 0.173 e. The van der Waals surface area contributed by atoms with Crippen molar-refractivity contribution in [1.29, 1.82) is 0 Å². The number of ether oxygens (including phenoxy) is 1. The SMILES string of the molecule is N/C(=N/O)c1ccc(Cl)cc1Oc1ccc(F)c(Br)c1. The lowest BCUT2D eigenvalue weighted by atomic mass is 10.2. The van der Waals surface area contributed by atoms with Crippen LogP contribution in [-0.2, 0) is 0 Å². The minimum Gasteiger partial charge on any atom is -0.457 e. The van der Waals surface area contributed by atoms with Gasteiger partial charge in [-0.25, -0.2) is 4.39 Å². The largest absolute Gasteiger partial charge is 0.457 e. The molecule has 0 atom stereocenters. The Hall–Kier alpha value is -1.79. The van der Waals surface area contributed by atoms with Crippen LogP contribution in [0.5, 0.6) is 11.5 Å². The number of nitrogens with zero attached hydrogens (tertiary/aromatic N) is 1. The van der Waals surface area contributed by atoms with Gasteiger partial charge in [0.05, 0.1) is 10.0 Å². The predicted molar refractivity (Wildman–Crippen MR) is 78.1 cm³/mol. The molecule has 0 heterocycles. The number of hydrogen-bond donors (Lipinski definition) is 2. The molecular formula is C13H9BrClFN2O2. The third-order valence-electron chi connectivity index (χ3n) is 2.45. The number of nitrogens with two attached hydrogens (primary N) is 1. The Morgan fingerprint density at radius 1 is 1.30 bits per heavy atom. The van der Waals surface area contributed by atoms with Gasteiger partial charge in [-0.1, -0.05) is 16.8 Å². The van der Waals surface area contributed by atoms with Gasteiger partial charge in [0.2, 0.25) is 0 Å². The van der Waals surface area contributed by atoms with Crippen molar-refractivity contribution in [2.45, 2.75) is 0 Å². The molecule has 0 aromatic heterocycles. The second-order valence-corrected chi connectivity index (χ2v) is 5.09. The molecule has 3 N–H and O–H groups in total. The van der Waals surface area contributed by atoms with Gasteiger partial charge >= 0.3 is 0 Å². The first-order chi connectivity index (χ1) is 9.51. The molecule has 0 unspecified atom stereocenters. The van der Waals surface area contributed by atoms with Gasteiger partial charge in [-0.15, -0.1) is 0 Å². The van der Waals surface area contributed by atoms with Crippen molar-refractivity contribution in [2.75, 3.05) is 0 Å². The van der Waals surface area contributed by atoms with Crippen LogP contribution in [-0.4, -0.2) is 11.0 Å². The summed E-state index contributed by atoms with van der Waals surface area (Å²) >= 11 is 8.96. The molecule has 0 aliphatic rings. The Morgan fingerprint density at radius 2 is 2.05 bits per heavy atom. The molecule has 0 bridgehead atoms. The van der Waals surface area contributed by atoms with Gasteiger partial charge in [0.25, 0.3) is 0 Å². The zero-order valence-corrected chi connectivity index (χ0v) is 12.3. The number of amidine groups is 1. The van der Waals surface area contributed by atoms with Gasteiger partial charge in [-0.3, -0.25) is 0 Å². The van der Waals surface area contributed by atoms with E-state index in [0.717, 1.165) is 0 Å². The number of rotatable bonds is 3. The summed E-state index contributed by atoms with van der Waals surface area (Å²) in [7, 11) is 0. The molecule has 2 aromatic carbocycles. The van der Waals surface area contributed by atoms with Crippen LogP contribution in [0.4, 0.5) is 4.39 Å². The average molecular weight is 360 g/mol. The Labute approximate surface area is 127 Å². The van der Waals surface area contributed by atoms with Gasteiger partial charge in [0.1, 0.15) is 17.3 Å². The second-order valence-electron chi connectivity index (χ2n) is 3.80. The highest BCUT2D eigenvalue weighted by molar-refractivity contribution is 9.10. The molecule has 104 valence electrons. The molecule has 0 saturated heterocycles. The molecule has 2 rings (SSSR count). The maximum absolute atomic E-state index is 13.2. The molecule has 0 aliphatic carbocycles. The van der Waals surface area contributed by atoms with Gasteiger partial charge < -0.3 is 15.7 Å². The fraction of sp³-hybridized carbons (Fsp3) is 0. The minimum absolute atomic E-state index is 0.113. The molecule has 0 saturated carbocycles. The van der Waals surface area contributed by atoms with Crippen molar-refractivity contribution in [3.63, 3.8) is 0 Å². The molecule has 2 aromatic rings. The van der Waals surface area contributed by atoms with Crippen LogP contribution in [0.15, 0.2) is 46.0 Å². The highest BCUT2D eigenvalue weighted by Crippen LogP contribution is 2.30. The van der Waals surface area contributed by atoms with Crippen molar-refractivity contribution in [3.05, 3.63) is 57.3 Å². The van der Waals surface area contributed by atoms with Gasteiger partial charge in [0.15, 0.2) is 5.84 Å². The fourth-order valence-electron chi connectivity index (χ4n) is 1.51. The molecule has 0 fully saturated rings. The van der Waals surface area contributed by atoms with E-state index >= 15 is 0 Å². The van der Waals surface area contributed by atoms with E-state index in [1.54, 1.807) is 12.1 Å². The zero-order valence-electron chi connectivity index (χ0n) is 9.98. The normalized spacial score (nSPS) is 11.4. The molecular weight excluding hydrogens is 351 g/mol. The molecule has 4 nitrogen and oxygen atoms in total. The van der Waals surface area contributed by atoms with Crippen LogP contribution in [0.2, 0.25) is 5.02 Å². The van der Waals surface area contributed by atoms with Crippen LogP contribution < -0.4 is 10.5 Å². The first-order valence-electron chi connectivity index (χ1n) is 5.41. The monoisotopic (exact) mass is 358 g/mol. The van der Waals surface area contributed by atoms with Crippen LogP contribution in [0.3, 0.4) is 0 Å². The summed E-state index contributed by atoms with van der Waals surface area (Å²) in [6.45, 7) is 0. The van der Waals surface area contributed by atoms with Crippen molar-refractivity contribution in [3.8, 4) is 11.5 Å². The third-order valence-corrected chi connectivity index (χ3v) is 3.29. The number of oxime groups is 1.